The van der Waals surface area contributed by atoms with Crippen molar-refractivity contribution in [1.82, 2.24) is 4.98 Å². The van der Waals surface area contributed by atoms with Gasteiger partial charge in [-0.1, -0.05) is 65.7 Å². The van der Waals surface area contributed by atoms with Crippen LogP contribution in [0, 0.1) is 5.92 Å². The second kappa shape index (κ2) is 8.12. The summed E-state index contributed by atoms with van der Waals surface area (Å²) in [6.45, 7) is 2.29. The third-order valence-corrected chi connectivity index (χ3v) is 7.39. The number of rotatable bonds is 4. The number of carbonyl (C=O) groups excluding carboxylic acids is 1. The Bertz CT molecular complexity index is 1150. The molecule has 0 unspecified atom stereocenters. The highest BCUT2D eigenvalue weighted by Gasteiger charge is 2.33. The van der Waals surface area contributed by atoms with E-state index < -0.39 is 0 Å². The number of hydrogen-bond donors (Lipinski definition) is 2. The molecule has 2 N–H and O–H groups in total. The second-order valence-corrected chi connectivity index (χ2v) is 9.53. The molecule has 2 aliphatic rings. The first-order chi connectivity index (χ1) is 15.0. The van der Waals surface area contributed by atoms with E-state index in [9.17, 15) is 9.90 Å². The third kappa shape index (κ3) is 3.65. The van der Waals surface area contributed by atoms with Gasteiger partial charge in [0.25, 0.3) is 5.91 Å². The minimum absolute atomic E-state index is 0.0144. The SMILES string of the molecule is CCC1CCC(c2ccc(C3=NC(=O)c4c(-c5ccc(Br)cc5)[nH]c(O)c43)cc2)CC1. The number of amides is 1. The van der Waals surface area contributed by atoms with Gasteiger partial charge in [-0.05, 0) is 60.8 Å². The highest BCUT2D eigenvalue weighted by atomic mass is 79.9. The monoisotopic (exact) mass is 476 g/mol. The van der Waals surface area contributed by atoms with E-state index in [0.29, 0.717) is 28.5 Å². The number of nitrogens with one attached hydrogen (secondary N) is 1. The molecule has 1 aliphatic heterocycles. The quantitative estimate of drug-likeness (QED) is 0.433. The molecule has 0 bridgehead atoms. The molecule has 0 atom stereocenters. The summed E-state index contributed by atoms with van der Waals surface area (Å²) < 4.78 is 0.954. The molecule has 31 heavy (non-hydrogen) atoms. The number of aromatic hydroxyl groups is 1. The van der Waals surface area contributed by atoms with Crippen molar-refractivity contribution >= 4 is 27.5 Å². The number of benzene rings is 2. The largest absolute Gasteiger partial charge is 0.494 e. The molecule has 1 saturated carbocycles. The lowest BCUT2D eigenvalue weighted by atomic mass is 9.77. The zero-order chi connectivity index (χ0) is 21.5. The standard InChI is InChI=1S/C26H25BrN2O2/c1-2-15-3-5-16(6-4-15)17-7-9-18(10-8-17)23-21-22(26(31)28-23)24(29-25(21)30)19-11-13-20(27)14-12-19/h7-16,29-30H,2-6H2,1H3. The highest BCUT2D eigenvalue weighted by molar-refractivity contribution is 9.10. The molecule has 2 aromatic carbocycles. The number of carbonyl (C=O) groups is 1. The molecule has 1 aromatic heterocycles. The zero-order valence-corrected chi connectivity index (χ0v) is 19.1. The smallest absolute Gasteiger partial charge is 0.280 e. The maximum Gasteiger partial charge on any atom is 0.280 e. The lowest BCUT2D eigenvalue weighted by Crippen LogP contribution is -2.12. The third-order valence-electron chi connectivity index (χ3n) is 6.86. The van der Waals surface area contributed by atoms with Crippen LogP contribution in [0.1, 0.15) is 72.0 Å². The average molecular weight is 477 g/mol. The van der Waals surface area contributed by atoms with E-state index in [2.05, 4.69) is 45.0 Å². The number of nitrogens with zero attached hydrogens (tertiary/aromatic N) is 1. The number of aromatic nitrogens is 1. The Balaban J connectivity index is 1.44. The number of hydrogen-bond acceptors (Lipinski definition) is 2. The van der Waals surface area contributed by atoms with Gasteiger partial charge in [-0.2, -0.15) is 0 Å². The molecule has 5 heteroatoms. The first-order valence-electron chi connectivity index (χ1n) is 11.0. The normalized spacial score (nSPS) is 20.6. The van der Waals surface area contributed by atoms with Crippen molar-refractivity contribution < 1.29 is 9.90 Å². The van der Waals surface area contributed by atoms with Crippen molar-refractivity contribution in [1.29, 1.82) is 0 Å². The van der Waals surface area contributed by atoms with Gasteiger partial charge in [0.2, 0.25) is 0 Å². The Kier molecular flexibility index (Phi) is 5.30. The van der Waals surface area contributed by atoms with Gasteiger partial charge in [-0.3, -0.25) is 4.79 Å². The number of halogens is 1. The molecular weight excluding hydrogens is 452 g/mol. The predicted molar refractivity (Wildman–Crippen MR) is 127 cm³/mol. The minimum atomic E-state index is -0.318. The molecular formula is C26H25BrN2O2. The maximum atomic E-state index is 12.8. The van der Waals surface area contributed by atoms with E-state index >= 15 is 0 Å². The van der Waals surface area contributed by atoms with Crippen molar-refractivity contribution in [2.24, 2.45) is 10.9 Å². The van der Waals surface area contributed by atoms with Crippen molar-refractivity contribution in [3.63, 3.8) is 0 Å². The van der Waals surface area contributed by atoms with E-state index in [1.165, 1.54) is 37.7 Å². The van der Waals surface area contributed by atoms with Gasteiger partial charge in [0.05, 0.1) is 22.5 Å². The Morgan fingerprint density at radius 2 is 1.61 bits per heavy atom. The first-order valence-corrected chi connectivity index (χ1v) is 11.8. The van der Waals surface area contributed by atoms with Gasteiger partial charge in [-0.25, -0.2) is 4.99 Å². The van der Waals surface area contributed by atoms with Crippen LogP contribution in [-0.4, -0.2) is 21.7 Å². The van der Waals surface area contributed by atoms with E-state index in [-0.39, 0.29) is 11.8 Å². The van der Waals surface area contributed by atoms with Gasteiger partial charge >= 0.3 is 0 Å². The lowest BCUT2D eigenvalue weighted by molar-refractivity contribution is 0.101. The summed E-state index contributed by atoms with van der Waals surface area (Å²) in [4.78, 5) is 20.1. The minimum Gasteiger partial charge on any atom is -0.494 e. The maximum absolute atomic E-state index is 12.8. The number of fused-ring (bicyclic) bond motifs is 1. The molecule has 2 heterocycles. The summed E-state index contributed by atoms with van der Waals surface area (Å²) in [5, 5.41) is 10.6. The molecule has 4 nitrogen and oxygen atoms in total. The summed E-state index contributed by atoms with van der Waals surface area (Å²) in [7, 11) is 0. The zero-order valence-electron chi connectivity index (χ0n) is 17.5. The van der Waals surface area contributed by atoms with Crippen LogP contribution in [0.3, 0.4) is 0 Å². The Morgan fingerprint density at radius 1 is 0.968 bits per heavy atom. The summed E-state index contributed by atoms with van der Waals surface area (Å²) >= 11 is 3.43. The van der Waals surface area contributed by atoms with E-state index in [4.69, 9.17) is 0 Å². The van der Waals surface area contributed by atoms with Crippen LogP contribution >= 0.6 is 15.9 Å². The molecule has 0 spiro atoms. The van der Waals surface area contributed by atoms with Crippen LogP contribution < -0.4 is 0 Å². The van der Waals surface area contributed by atoms with Gasteiger partial charge in [-0.15, -0.1) is 0 Å². The lowest BCUT2D eigenvalue weighted by Gasteiger charge is -2.28. The number of H-pyrrole nitrogens is 1. The van der Waals surface area contributed by atoms with E-state index in [0.717, 1.165) is 21.5 Å². The molecule has 158 valence electrons. The average Bonchev–Trinajstić information content (AvgIpc) is 3.33. The van der Waals surface area contributed by atoms with Crippen molar-refractivity contribution in [3.05, 3.63) is 75.3 Å². The Labute approximate surface area is 190 Å². The number of aliphatic imine (C=N–C) groups is 1. The topological polar surface area (TPSA) is 65.5 Å². The van der Waals surface area contributed by atoms with Crippen LogP contribution in [-0.2, 0) is 0 Å². The van der Waals surface area contributed by atoms with Crippen LogP contribution in [0.25, 0.3) is 11.3 Å². The van der Waals surface area contributed by atoms with Gasteiger partial charge < -0.3 is 10.1 Å². The van der Waals surface area contributed by atoms with E-state index in [1.807, 2.05) is 36.4 Å². The molecule has 5 rings (SSSR count). The fourth-order valence-corrected chi connectivity index (χ4v) is 5.27. The van der Waals surface area contributed by atoms with Crippen molar-refractivity contribution in [2.45, 2.75) is 44.9 Å². The predicted octanol–water partition coefficient (Wildman–Crippen LogP) is 6.82. The fourth-order valence-electron chi connectivity index (χ4n) is 5.00. The molecule has 3 aromatic rings. The summed E-state index contributed by atoms with van der Waals surface area (Å²) in [5.41, 5.74) is 5.14. The summed E-state index contributed by atoms with van der Waals surface area (Å²) in [6, 6.07) is 16.0. The van der Waals surface area contributed by atoms with Crippen LogP contribution in [0.4, 0.5) is 0 Å². The van der Waals surface area contributed by atoms with Gasteiger partial charge in [0, 0.05) is 10.0 Å². The van der Waals surface area contributed by atoms with Gasteiger partial charge in [0.1, 0.15) is 0 Å². The summed E-state index contributed by atoms with van der Waals surface area (Å²) in [6.07, 6.45) is 6.39. The number of aromatic amines is 1. The molecule has 0 radical (unpaired) electrons. The fraction of sp³-hybridized carbons (Fsp3) is 0.308. The summed E-state index contributed by atoms with van der Waals surface area (Å²) in [5.74, 6) is 1.16. The Hall–Kier alpha value is -2.66. The van der Waals surface area contributed by atoms with Crippen molar-refractivity contribution in [3.8, 4) is 17.1 Å². The molecule has 0 saturated heterocycles. The highest BCUT2D eigenvalue weighted by Crippen LogP contribution is 2.40. The molecule has 1 aliphatic carbocycles. The van der Waals surface area contributed by atoms with E-state index in [1.54, 1.807) is 0 Å². The van der Waals surface area contributed by atoms with Crippen LogP contribution in [0.5, 0.6) is 5.88 Å². The molecule has 1 fully saturated rings. The second-order valence-electron chi connectivity index (χ2n) is 8.62. The van der Waals surface area contributed by atoms with Crippen molar-refractivity contribution in [2.75, 3.05) is 0 Å². The van der Waals surface area contributed by atoms with Crippen LogP contribution in [0.2, 0.25) is 0 Å². The van der Waals surface area contributed by atoms with Crippen LogP contribution in [0.15, 0.2) is 58.0 Å². The molecule has 1 amide bonds. The first kappa shape index (κ1) is 20.3. The Morgan fingerprint density at radius 3 is 2.26 bits per heavy atom. The van der Waals surface area contributed by atoms with Gasteiger partial charge in [0.15, 0.2) is 5.88 Å².